The standard InChI is InChI=1S/C17H13ClFNO6S/c18-12-8-13(19)11(17(23)24)7-15(12)27(25,26)20-5-1-2-9-6-10(16(21)22)3-4-14(9)20/h3-4,6-8H,1-2,5H2,(H,21,22)(H,23,24). The third-order valence-corrected chi connectivity index (χ3v) is 6.50. The van der Waals surface area contributed by atoms with Gasteiger partial charge in [0.25, 0.3) is 10.0 Å². The molecule has 1 aliphatic rings. The van der Waals surface area contributed by atoms with Crippen LogP contribution in [0, 0.1) is 5.82 Å². The van der Waals surface area contributed by atoms with E-state index in [-0.39, 0.29) is 17.8 Å². The second kappa shape index (κ2) is 6.82. The predicted octanol–water partition coefficient (Wildman–Crippen LogP) is 3.02. The van der Waals surface area contributed by atoms with E-state index >= 15 is 0 Å². The molecule has 0 amide bonds. The van der Waals surface area contributed by atoms with Crippen molar-refractivity contribution in [3.63, 3.8) is 0 Å². The molecule has 2 aromatic rings. The largest absolute Gasteiger partial charge is 0.478 e. The molecule has 0 unspecified atom stereocenters. The van der Waals surface area contributed by atoms with Gasteiger partial charge < -0.3 is 10.2 Å². The Morgan fingerprint density at radius 1 is 1.11 bits per heavy atom. The zero-order valence-electron chi connectivity index (χ0n) is 13.6. The van der Waals surface area contributed by atoms with Crippen LogP contribution in [0.5, 0.6) is 0 Å². The Bertz CT molecular complexity index is 1070. The molecule has 0 fully saturated rings. The zero-order chi connectivity index (χ0) is 19.9. The zero-order valence-corrected chi connectivity index (χ0v) is 15.2. The van der Waals surface area contributed by atoms with Gasteiger partial charge in [0.2, 0.25) is 0 Å². The van der Waals surface area contributed by atoms with Gasteiger partial charge >= 0.3 is 11.9 Å². The van der Waals surface area contributed by atoms with E-state index in [0.717, 1.165) is 4.31 Å². The Morgan fingerprint density at radius 3 is 2.44 bits per heavy atom. The lowest BCUT2D eigenvalue weighted by Crippen LogP contribution is -2.36. The second-order valence-electron chi connectivity index (χ2n) is 5.90. The van der Waals surface area contributed by atoms with Crippen molar-refractivity contribution in [3.05, 3.63) is 57.9 Å². The molecule has 10 heteroatoms. The first-order valence-electron chi connectivity index (χ1n) is 7.74. The number of anilines is 1. The van der Waals surface area contributed by atoms with E-state index in [2.05, 4.69) is 0 Å². The highest BCUT2D eigenvalue weighted by molar-refractivity contribution is 7.93. The number of hydrogen-bond acceptors (Lipinski definition) is 4. The number of aromatic carboxylic acids is 2. The Labute approximate surface area is 158 Å². The maximum Gasteiger partial charge on any atom is 0.338 e. The molecular weight excluding hydrogens is 401 g/mol. The lowest BCUT2D eigenvalue weighted by atomic mass is 10.0. The number of carboxylic acids is 2. The molecule has 27 heavy (non-hydrogen) atoms. The molecule has 0 aliphatic carbocycles. The SMILES string of the molecule is O=C(O)c1ccc2c(c1)CCCN2S(=O)(=O)c1cc(C(=O)O)c(F)cc1Cl. The molecule has 1 heterocycles. The average molecular weight is 414 g/mol. The Hall–Kier alpha value is -2.65. The summed E-state index contributed by atoms with van der Waals surface area (Å²) in [6.45, 7) is 0.0951. The van der Waals surface area contributed by atoms with Crippen molar-refractivity contribution in [1.82, 2.24) is 0 Å². The van der Waals surface area contributed by atoms with Crippen molar-refractivity contribution in [1.29, 1.82) is 0 Å². The number of carboxylic acid groups (broad SMARTS) is 2. The van der Waals surface area contributed by atoms with Crippen molar-refractivity contribution < 1.29 is 32.6 Å². The van der Waals surface area contributed by atoms with E-state index in [1.807, 2.05) is 0 Å². The molecule has 0 radical (unpaired) electrons. The van der Waals surface area contributed by atoms with Crippen LogP contribution in [-0.4, -0.2) is 37.1 Å². The first-order valence-corrected chi connectivity index (χ1v) is 9.56. The van der Waals surface area contributed by atoms with Crippen molar-refractivity contribution in [2.45, 2.75) is 17.7 Å². The minimum absolute atomic E-state index is 0.0287. The number of hydrogen-bond donors (Lipinski definition) is 2. The van der Waals surface area contributed by atoms with Gasteiger partial charge in [0.1, 0.15) is 10.7 Å². The molecule has 0 atom stereocenters. The van der Waals surface area contributed by atoms with Gasteiger partial charge in [0, 0.05) is 6.54 Å². The van der Waals surface area contributed by atoms with E-state index in [1.165, 1.54) is 18.2 Å². The molecule has 1 aliphatic heterocycles. The minimum Gasteiger partial charge on any atom is -0.478 e. The summed E-state index contributed by atoms with van der Waals surface area (Å²) < 4.78 is 40.9. The fourth-order valence-corrected chi connectivity index (χ4v) is 5.01. The van der Waals surface area contributed by atoms with E-state index in [0.29, 0.717) is 30.5 Å². The molecular formula is C17H13ClFNO6S. The maximum atomic E-state index is 13.7. The molecule has 3 rings (SSSR count). The smallest absolute Gasteiger partial charge is 0.338 e. The predicted molar refractivity (Wildman–Crippen MR) is 94.6 cm³/mol. The fraction of sp³-hybridized carbons (Fsp3) is 0.176. The summed E-state index contributed by atoms with van der Waals surface area (Å²) in [5, 5.41) is 17.7. The number of fused-ring (bicyclic) bond motifs is 1. The topological polar surface area (TPSA) is 112 Å². The molecule has 2 aromatic carbocycles. The van der Waals surface area contributed by atoms with Gasteiger partial charge in [-0.05, 0) is 48.7 Å². The molecule has 0 spiro atoms. The number of halogens is 2. The average Bonchev–Trinajstić information content (AvgIpc) is 2.59. The highest BCUT2D eigenvalue weighted by Crippen LogP contribution is 2.35. The summed E-state index contributed by atoms with van der Waals surface area (Å²) in [6, 6.07) is 5.40. The summed E-state index contributed by atoms with van der Waals surface area (Å²) in [5.74, 6) is -3.90. The Morgan fingerprint density at radius 2 is 1.81 bits per heavy atom. The summed E-state index contributed by atoms with van der Waals surface area (Å²) in [7, 11) is -4.29. The second-order valence-corrected chi connectivity index (χ2v) is 8.13. The molecule has 0 saturated carbocycles. The van der Waals surface area contributed by atoms with E-state index < -0.39 is 43.3 Å². The van der Waals surface area contributed by atoms with E-state index in [4.69, 9.17) is 21.8 Å². The lowest BCUT2D eigenvalue weighted by molar-refractivity contribution is 0.0683. The molecule has 7 nitrogen and oxygen atoms in total. The van der Waals surface area contributed by atoms with Crippen LogP contribution in [0.3, 0.4) is 0 Å². The maximum absolute atomic E-state index is 13.7. The van der Waals surface area contributed by atoms with Crippen LogP contribution >= 0.6 is 11.6 Å². The van der Waals surface area contributed by atoms with Crippen molar-refractivity contribution in [3.8, 4) is 0 Å². The van der Waals surface area contributed by atoms with Gasteiger partial charge in [-0.2, -0.15) is 0 Å². The number of benzene rings is 2. The number of aryl methyl sites for hydroxylation is 1. The quantitative estimate of drug-likeness (QED) is 0.796. The third kappa shape index (κ3) is 3.35. The molecule has 0 saturated heterocycles. The lowest BCUT2D eigenvalue weighted by Gasteiger charge is -2.31. The molecule has 142 valence electrons. The Balaban J connectivity index is 2.14. The first-order chi connectivity index (χ1) is 12.6. The van der Waals surface area contributed by atoms with Crippen LogP contribution in [-0.2, 0) is 16.4 Å². The van der Waals surface area contributed by atoms with Gasteiger partial charge in [0.05, 0.1) is 21.8 Å². The van der Waals surface area contributed by atoms with Gasteiger partial charge in [-0.15, -0.1) is 0 Å². The van der Waals surface area contributed by atoms with Crippen LogP contribution < -0.4 is 4.31 Å². The number of carbonyl (C=O) groups is 2. The Kier molecular flexibility index (Phi) is 4.83. The monoisotopic (exact) mass is 413 g/mol. The van der Waals surface area contributed by atoms with E-state index in [9.17, 15) is 22.4 Å². The van der Waals surface area contributed by atoms with Gasteiger partial charge in [0.15, 0.2) is 0 Å². The van der Waals surface area contributed by atoms with Gasteiger partial charge in [-0.1, -0.05) is 11.6 Å². The van der Waals surface area contributed by atoms with Crippen molar-refractivity contribution >= 4 is 39.3 Å². The number of nitrogens with zero attached hydrogens (tertiary/aromatic N) is 1. The molecule has 0 bridgehead atoms. The van der Waals surface area contributed by atoms with Crippen molar-refractivity contribution in [2.24, 2.45) is 0 Å². The highest BCUT2D eigenvalue weighted by atomic mass is 35.5. The van der Waals surface area contributed by atoms with Crippen LogP contribution in [0.4, 0.5) is 10.1 Å². The summed E-state index contributed by atoms with van der Waals surface area (Å²) >= 11 is 5.89. The summed E-state index contributed by atoms with van der Waals surface area (Å²) in [5.41, 5.74) is 0.0299. The first kappa shape index (κ1) is 19.1. The van der Waals surface area contributed by atoms with Crippen LogP contribution in [0.1, 0.15) is 32.7 Å². The number of sulfonamides is 1. The normalized spacial score (nSPS) is 13.9. The third-order valence-electron chi connectivity index (χ3n) is 4.22. The van der Waals surface area contributed by atoms with E-state index in [1.54, 1.807) is 0 Å². The highest BCUT2D eigenvalue weighted by Gasteiger charge is 2.32. The molecule has 0 aromatic heterocycles. The van der Waals surface area contributed by atoms with Crippen LogP contribution in [0.2, 0.25) is 5.02 Å². The van der Waals surface area contributed by atoms with Gasteiger partial charge in [-0.3, -0.25) is 4.31 Å². The van der Waals surface area contributed by atoms with Crippen molar-refractivity contribution in [2.75, 3.05) is 10.8 Å². The molecule has 2 N–H and O–H groups in total. The van der Waals surface area contributed by atoms with Crippen LogP contribution in [0.15, 0.2) is 35.2 Å². The van der Waals surface area contributed by atoms with Gasteiger partial charge in [-0.25, -0.2) is 22.4 Å². The van der Waals surface area contributed by atoms with Crippen LogP contribution in [0.25, 0.3) is 0 Å². The minimum atomic E-state index is -4.29. The summed E-state index contributed by atoms with van der Waals surface area (Å²) in [4.78, 5) is 21.7. The number of rotatable bonds is 4. The summed E-state index contributed by atoms with van der Waals surface area (Å²) in [6.07, 6.45) is 0.917. The fourth-order valence-electron chi connectivity index (χ4n) is 2.95.